The summed E-state index contributed by atoms with van der Waals surface area (Å²) >= 11 is 0. The van der Waals surface area contributed by atoms with Crippen LogP contribution in [0.3, 0.4) is 0 Å². The van der Waals surface area contributed by atoms with E-state index >= 15 is 4.39 Å². The summed E-state index contributed by atoms with van der Waals surface area (Å²) in [6, 6.07) is 14.0. The van der Waals surface area contributed by atoms with Crippen LogP contribution in [0.1, 0.15) is 63.4 Å². The molecule has 4 heterocycles. The van der Waals surface area contributed by atoms with Gasteiger partial charge in [0.15, 0.2) is 9.84 Å². The van der Waals surface area contributed by atoms with Crippen LogP contribution in [0.2, 0.25) is 0 Å². The van der Waals surface area contributed by atoms with Crippen molar-refractivity contribution in [2.24, 2.45) is 11.8 Å². The van der Waals surface area contributed by atoms with Crippen molar-refractivity contribution >= 4 is 27.5 Å². The monoisotopic (exact) mass is 779 g/mol. The van der Waals surface area contributed by atoms with Gasteiger partial charge in [-0.05, 0) is 131 Å². The lowest BCUT2D eigenvalue weighted by atomic mass is 9.57. The van der Waals surface area contributed by atoms with Crippen molar-refractivity contribution in [1.29, 1.82) is 0 Å². The molecule has 0 spiro atoms. The minimum atomic E-state index is -3.64. The Morgan fingerprint density at radius 1 is 0.964 bits per heavy atom. The highest BCUT2D eigenvalue weighted by Crippen LogP contribution is 2.51. The van der Waals surface area contributed by atoms with Gasteiger partial charge in [0.05, 0.1) is 17.3 Å². The number of halogens is 1. The molecule has 4 aliphatic heterocycles. The number of rotatable bonds is 12. The number of sulfone groups is 1. The van der Waals surface area contributed by atoms with Crippen LogP contribution in [0.15, 0.2) is 66.1 Å². The van der Waals surface area contributed by atoms with Crippen molar-refractivity contribution in [2.75, 3.05) is 77.5 Å². The molecule has 1 aliphatic carbocycles. The summed E-state index contributed by atoms with van der Waals surface area (Å²) in [5.41, 5.74) is 0.646. The third-order valence-electron chi connectivity index (χ3n) is 13.4. The molecule has 0 radical (unpaired) electrons. The fourth-order valence-corrected chi connectivity index (χ4v) is 12.2. The standard InChI is InChI=1S/C42H58FN5O6S/c1-3-39(49)47-22-5-4-11-36(26-47)55(52,53)35-16-14-34(15-17-35)48-28-41(51,29-48)27-46-23-18-31(19-24-46)42(30-45-20-8-21-45,32-9-6-10-33(43)25-32)37-12-7-13-38(37)44-40(50)54-2/h3,6,9-10,14-17,25,31,36-38,51H,1,4-5,7-8,11-13,18-24,26-30H2,2H3,(H,44,50)/t36-,37+,38+,42+/m1/s1. The van der Waals surface area contributed by atoms with Crippen LogP contribution in [-0.4, -0.2) is 130 Å². The van der Waals surface area contributed by atoms with E-state index in [1.165, 1.54) is 19.3 Å². The van der Waals surface area contributed by atoms with Gasteiger partial charge < -0.3 is 34.8 Å². The number of aliphatic hydroxyl groups is 1. The molecule has 1 saturated carbocycles. The number of carbonyl (C=O) groups excluding carboxylic acids is 2. The van der Waals surface area contributed by atoms with Crippen molar-refractivity contribution in [1.82, 2.24) is 20.0 Å². The number of likely N-dealkylation sites (tertiary alicyclic amines) is 3. The van der Waals surface area contributed by atoms with Crippen molar-refractivity contribution in [2.45, 2.75) is 85.0 Å². The number of methoxy groups -OCH3 is 1. The van der Waals surface area contributed by atoms with E-state index in [0.29, 0.717) is 32.6 Å². The molecule has 2 N–H and O–H groups in total. The van der Waals surface area contributed by atoms with Crippen LogP contribution < -0.4 is 10.2 Å². The molecular formula is C42H58FN5O6S. The second-order valence-corrected chi connectivity index (χ2v) is 19.0. The van der Waals surface area contributed by atoms with E-state index in [4.69, 9.17) is 4.74 Å². The summed E-state index contributed by atoms with van der Waals surface area (Å²) in [6.45, 7) is 10.2. The number of nitrogens with one attached hydrogen (secondary N) is 1. The molecule has 2 aromatic carbocycles. The number of hydrogen-bond acceptors (Lipinski definition) is 9. The minimum Gasteiger partial charge on any atom is -0.453 e. The number of anilines is 1. The minimum absolute atomic E-state index is 0.0546. The van der Waals surface area contributed by atoms with Crippen molar-refractivity contribution in [3.63, 3.8) is 0 Å². The molecule has 4 atom stereocenters. The fourth-order valence-electron chi connectivity index (χ4n) is 10.4. The van der Waals surface area contributed by atoms with Gasteiger partial charge in [-0.2, -0.15) is 0 Å². The van der Waals surface area contributed by atoms with Gasteiger partial charge in [0.1, 0.15) is 11.4 Å². The zero-order valence-electron chi connectivity index (χ0n) is 32.2. The van der Waals surface area contributed by atoms with Crippen molar-refractivity contribution in [3.8, 4) is 0 Å². The number of benzene rings is 2. The number of β-amino-alcohol motifs (C(OH)–C–C–N with tert-alkyl or cyclic N) is 1. The van der Waals surface area contributed by atoms with Crippen molar-refractivity contribution < 1.29 is 32.2 Å². The predicted molar refractivity (Wildman–Crippen MR) is 210 cm³/mol. The number of nitrogens with zero attached hydrogens (tertiary/aromatic N) is 4. The fraction of sp³-hybridized carbons (Fsp3) is 0.619. The third kappa shape index (κ3) is 8.31. The van der Waals surface area contributed by atoms with Gasteiger partial charge in [-0.1, -0.05) is 31.6 Å². The Balaban J connectivity index is 1.00. The van der Waals surface area contributed by atoms with Gasteiger partial charge >= 0.3 is 6.09 Å². The number of piperidine rings is 1. The molecule has 5 aliphatic rings. The third-order valence-corrected chi connectivity index (χ3v) is 15.5. The van der Waals surface area contributed by atoms with E-state index in [2.05, 4.69) is 32.7 Å². The zero-order valence-corrected chi connectivity index (χ0v) is 33.0. The van der Waals surface area contributed by atoms with E-state index in [9.17, 15) is 23.1 Å². The molecule has 0 aromatic heterocycles. The second kappa shape index (κ2) is 16.5. The van der Waals surface area contributed by atoms with E-state index < -0.39 is 26.8 Å². The lowest BCUT2D eigenvalue weighted by molar-refractivity contribution is -0.125. The Hall–Kier alpha value is -3.52. The smallest absolute Gasteiger partial charge is 0.407 e. The van der Waals surface area contributed by atoms with Crippen LogP contribution in [-0.2, 0) is 24.8 Å². The quantitative estimate of drug-likeness (QED) is 0.298. The number of ether oxygens (including phenoxy) is 1. The summed E-state index contributed by atoms with van der Waals surface area (Å²) in [5.74, 6) is -0.0699. The topological polar surface area (TPSA) is 123 Å². The van der Waals surface area contributed by atoms with Crippen LogP contribution in [0, 0.1) is 17.7 Å². The lowest BCUT2D eigenvalue weighted by Gasteiger charge is -2.55. The molecule has 55 heavy (non-hydrogen) atoms. The Morgan fingerprint density at radius 2 is 1.71 bits per heavy atom. The average Bonchev–Trinajstić information content (AvgIpc) is 3.46. The summed E-state index contributed by atoms with van der Waals surface area (Å²) in [5, 5.41) is 14.2. The second-order valence-electron chi connectivity index (χ2n) is 16.7. The Morgan fingerprint density at radius 3 is 2.36 bits per heavy atom. The summed E-state index contributed by atoms with van der Waals surface area (Å²) in [4.78, 5) is 33.6. The largest absolute Gasteiger partial charge is 0.453 e. The molecular weight excluding hydrogens is 722 g/mol. The van der Waals surface area contributed by atoms with E-state index in [1.807, 2.05) is 18.2 Å². The van der Waals surface area contributed by atoms with E-state index in [1.54, 1.807) is 23.1 Å². The first-order valence-corrected chi connectivity index (χ1v) is 21.8. The maximum absolute atomic E-state index is 15.0. The van der Waals surface area contributed by atoms with Gasteiger partial charge in [0, 0.05) is 56.4 Å². The molecule has 0 unspecified atom stereocenters. The predicted octanol–water partition coefficient (Wildman–Crippen LogP) is 4.60. The maximum Gasteiger partial charge on any atom is 0.407 e. The highest BCUT2D eigenvalue weighted by atomic mass is 32.2. The van der Waals surface area contributed by atoms with E-state index in [-0.39, 0.29) is 46.5 Å². The number of hydrogen-bond donors (Lipinski definition) is 2. The SMILES string of the molecule is C=CC(=O)N1CCCC[C@@H](S(=O)(=O)c2ccc(N3CC(O)(CN4CCC([C@@](CN5CCC5)(c5cccc(F)c5)[C@H]5CCC[C@@H]5NC(=O)OC)CC4)C3)cc2)C1. The van der Waals surface area contributed by atoms with Gasteiger partial charge in [0.2, 0.25) is 5.91 Å². The Kier molecular flexibility index (Phi) is 11.9. The van der Waals surface area contributed by atoms with E-state index in [0.717, 1.165) is 95.3 Å². The molecule has 0 bridgehead atoms. The van der Waals surface area contributed by atoms with Crippen LogP contribution in [0.4, 0.5) is 14.9 Å². The zero-order chi connectivity index (χ0) is 38.8. The number of alkyl carbamates (subject to hydrolysis) is 1. The molecule has 2 amide bonds. The average molecular weight is 780 g/mol. The first kappa shape index (κ1) is 39.7. The molecule has 13 heteroatoms. The first-order valence-electron chi connectivity index (χ1n) is 20.2. The highest BCUT2D eigenvalue weighted by molar-refractivity contribution is 7.92. The number of carbonyl (C=O) groups is 2. The normalized spacial score (nSPS) is 26.3. The first-order chi connectivity index (χ1) is 26.4. The molecule has 5 fully saturated rings. The molecule has 300 valence electrons. The lowest BCUT2D eigenvalue weighted by Crippen LogP contribution is -2.67. The van der Waals surface area contributed by atoms with Gasteiger partial charge in [-0.25, -0.2) is 17.6 Å². The molecule has 4 saturated heterocycles. The van der Waals surface area contributed by atoms with Gasteiger partial charge in [-0.15, -0.1) is 0 Å². The van der Waals surface area contributed by atoms with Gasteiger partial charge in [0.25, 0.3) is 0 Å². The molecule has 2 aromatic rings. The molecule has 7 rings (SSSR count). The summed E-state index contributed by atoms with van der Waals surface area (Å²) < 4.78 is 47.3. The highest BCUT2D eigenvalue weighted by Gasteiger charge is 2.53. The van der Waals surface area contributed by atoms with Crippen LogP contribution in [0.25, 0.3) is 0 Å². The Bertz CT molecular complexity index is 1790. The maximum atomic E-state index is 15.0. The number of amides is 2. The Labute approximate surface area is 325 Å². The summed E-state index contributed by atoms with van der Waals surface area (Å²) in [6.07, 6.45) is 8.64. The van der Waals surface area contributed by atoms with Crippen LogP contribution >= 0.6 is 0 Å². The van der Waals surface area contributed by atoms with Crippen LogP contribution in [0.5, 0.6) is 0 Å². The van der Waals surface area contributed by atoms with Crippen molar-refractivity contribution in [3.05, 3.63) is 72.6 Å². The summed E-state index contributed by atoms with van der Waals surface area (Å²) in [7, 11) is -2.24. The molecule has 11 nitrogen and oxygen atoms in total. The van der Waals surface area contributed by atoms with Gasteiger partial charge in [-0.3, -0.25) is 4.79 Å².